The molecule has 1 aromatic rings. The first kappa shape index (κ1) is 14.3. The highest BCUT2D eigenvalue weighted by molar-refractivity contribution is 6.07. The molecule has 1 amide bonds. The van der Waals surface area contributed by atoms with Crippen molar-refractivity contribution in [3.05, 3.63) is 35.6 Å². The third-order valence-corrected chi connectivity index (χ3v) is 3.96. The lowest BCUT2D eigenvalue weighted by molar-refractivity contribution is -0.131. The SMILES string of the molecule is CC(NC(=O)C1(/C(N)=N/O)CCC1)c1ccccc1F. The summed E-state index contributed by atoms with van der Waals surface area (Å²) in [4.78, 5) is 12.3. The molecule has 0 heterocycles. The van der Waals surface area contributed by atoms with Crippen LogP contribution < -0.4 is 11.1 Å². The second-order valence-electron chi connectivity index (χ2n) is 5.14. The number of benzene rings is 1. The molecule has 0 radical (unpaired) electrons. The van der Waals surface area contributed by atoms with Crippen LogP contribution in [0.1, 0.15) is 37.8 Å². The zero-order valence-electron chi connectivity index (χ0n) is 11.3. The number of nitrogens with one attached hydrogen (secondary N) is 1. The highest BCUT2D eigenvalue weighted by Gasteiger charge is 2.48. The number of nitrogens with two attached hydrogens (primary N) is 1. The van der Waals surface area contributed by atoms with Gasteiger partial charge in [0.15, 0.2) is 5.84 Å². The van der Waals surface area contributed by atoms with E-state index in [-0.39, 0.29) is 17.6 Å². The zero-order chi connectivity index (χ0) is 14.8. The number of amides is 1. The number of hydrogen-bond donors (Lipinski definition) is 3. The van der Waals surface area contributed by atoms with E-state index >= 15 is 0 Å². The quantitative estimate of drug-likeness (QED) is 0.340. The van der Waals surface area contributed by atoms with Gasteiger partial charge < -0.3 is 16.3 Å². The summed E-state index contributed by atoms with van der Waals surface area (Å²) in [5.41, 5.74) is 5.09. The van der Waals surface area contributed by atoms with E-state index in [1.54, 1.807) is 25.1 Å². The van der Waals surface area contributed by atoms with Gasteiger partial charge in [0.25, 0.3) is 0 Å². The van der Waals surface area contributed by atoms with E-state index < -0.39 is 11.5 Å². The number of oxime groups is 1. The molecule has 1 aliphatic rings. The number of amidine groups is 1. The smallest absolute Gasteiger partial charge is 0.234 e. The first-order valence-corrected chi connectivity index (χ1v) is 6.54. The molecule has 0 spiro atoms. The Morgan fingerprint density at radius 2 is 2.15 bits per heavy atom. The fourth-order valence-electron chi connectivity index (χ4n) is 2.46. The summed E-state index contributed by atoms with van der Waals surface area (Å²) < 4.78 is 13.7. The number of halogens is 1. The summed E-state index contributed by atoms with van der Waals surface area (Å²) >= 11 is 0. The van der Waals surface area contributed by atoms with Gasteiger partial charge in [0.05, 0.1) is 6.04 Å². The van der Waals surface area contributed by atoms with Crippen molar-refractivity contribution in [2.75, 3.05) is 0 Å². The van der Waals surface area contributed by atoms with E-state index in [4.69, 9.17) is 10.9 Å². The minimum atomic E-state index is -0.950. The van der Waals surface area contributed by atoms with Crippen LogP contribution >= 0.6 is 0 Å². The first-order valence-electron chi connectivity index (χ1n) is 6.54. The Labute approximate surface area is 116 Å². The number of hydrogen-bond acceptors (Lipinski definition) is 3. The van der Waals surface area contributed by atoms with Gasteiger partial charge in [0.2, 0.25) is 5.91 Å². The lowest BCUT2D eigenvalue weighted by Gasteiger charge is -2.39. The molecule has 108 valence electrons. The molecule has 1 saturated carbocycles. The van der Waals surface area contributed by atoms with Crippen molar-refractivity contribution < 1.29 is 14.4 Å². The van der Waals surface area contributed by atoms with E-state index in [1.165, 1.54) is 6.07 Å². The van der Waals surface area contributed by atoms with Gasteiger partial charge in [-0.1, -0.05) is 29.8 Å². The van der Waals surface area contributed by atoms with Gasteiger partial charge in [-0.2, -0.15) is 0 Å². The maximum atomic E-state index is 13.7. The Morgan fingerprint density at radius 3 is 2.65 bits per heavy atom. The maximum absolute atomic E-state index is 13.7. The second kappa shape index (κ2) is 5.48. The standard InChI is InChI=1S/C14H18FN3O2/c1-9(10-5-2-3-6-11(10)15)17-13(19)14(7-4-8-14)12(16)18-20/h2-3,5-6,9,20H,4,7-8H2,1H3,(H2,16,18)(H,17,19). The third kappa shape index (κ3) is 2.33. The summed E-state index contributed by atoms with van der Waals surface area (Å²) in [5, 5.41) is 14.5. The summed E-state index contributed by atoms with van der Waals surface area (Å²) in [7, 11) is 0. The highest BCUT2D eigenvalue weighted by atomic mass is 19.1. The van der Waals surface area contributed by atoms with Crippen molar-refractivity contribution in [3.63, 3.8) is 0 Å². The Bertz CT molecular complexity index is 541. The van der Waals surface area contributed by atoms with Crippen LogP contribution in [0.2, 0.25) is 0 Å². The average molecular weight is 279 g/mol. The molecular formula is C14H18FN3O2. The van der Waals surface area contributed by atoms with Crippen LogP contribution in [0.25, 0.3) is 0 Å². The van der Waals surface area contributed by atoms with Gasteiger partial charge in [-0.3, -0.25) is 4.79 Å². The monoisotopic (exact) mass is 279 g/mol. The number of rotatable bonds is 4. The molecule has 6 heteroatoms. The maximum Gasteiger partial charge on any atom is 0.234 e. The van der Waals surface area contributed by atoms with E-state index in [2.05, 4.69) is 10.5 Å². The molecule has 1 unspecified atom stereocenters. The van der Waals surface area contributed by atoms with Crippen molar-refractivity contribution in [1.29, 1.82) is 0 Å². The van der Waals surface area contributed by atoms with Crippen LogP contribution in [0.5, 0.6) is 0 Å². The molecule has 2 rings (SSSR count). The van der Waals surface area contributed by atoms with Gasteiger partial charge >= 0.3 is 0 Å². The summed E-state index contributed by atoms with van der Waals surface area (Å²) in [5.74, 6) is -0.774. The molecule has 1 aromatic carbocycles. The number of nitrogens with zero attached hydrogens (tertiary/aromatic N) is 1. The van der Waals surface area contributed by atoms with Gasteiger partial charge in [-0.15, -0.1) is 0 Å². The minimum Gasteiger partial charge on any atom is -0.409 e. The van der Waals surface area contributed by atoms with E-state index in [1.807, 2.05) is 0 Å². The fraction of sp³-hybridized carbons (Fsp3) is 0.429. The van der Waals surface area contributed by atoms with E-state index in [0.29, 0.717) is 18.4 Å². The number of carbonyl (C=O) groups is 1. The van der Waals surface area contributed by atoms with Crippen LogP contribution in [-0.4, -0.2) is 17.0 Å². The second-order valence-corrected chi connectivity index (χ2v) is 5.14. The summed E-state index contributed by atoms with van der Waals surface area (Å²) in [6.07, 6.45) is 1.93. The lowest BCUT2D eigenvalue weighted by Crippen LogP contribution is -2.54. The normalized spacial score (nSPS) is 19.0. The molecule has 0 aliphatic heterocycles. The van der Waals surface area contributed by atoms with Crippen molar-refractivity contribution >= 4 is 11.7 Å². The Hall–Kier alpha value is -2.11. The Kier molecular flexibility index (Phi) is 3.92. The predicted molar refractivity (Wildman–Crippen MR) is 72.7 cm³/mol. The van der Waals surface area contributed by atoms with Gasteiger partial charge in [-0.25, -0.2) is 4.39 Å². The fourth-order valence-corrected chi connectivity index (χ4v) is 2.46. The number of carbonyl (C=O) groups excluding carboxylic acids is 1. The molecule has 5 nitrogen and oxygen atoms in total. The van der Waals surface area contributed by atoms with Crippen molar-refractivity contribution in [3.8, 4) is 0 Å². The minimum absolute atomic E-state index is 0.0815. The van der Waals surface area contributed by atoms with E-state index in [0.717, 1.165) is 6.42 Å². The van der Waals surface area contributed by atoms with Crippen molar-refractivity contribution in [2.45, 2.75) is 32.2 Å². The topological polar surface area (TPSA) is 87.7 Å². The third-order valence-electron chi connectivity index (χ3n) is 3.96. The van der Waals surface area contributed by atoms with Crippen LogP contribution in [0.4, 0.5) is 4.39 Å². The van der Waals surface area contributed by atoms with Crippen LogP contribution in [0.3, 0.4) is 0 Å². The van der Waals surface area contributed by atoms with Crippen LogP contribution in [0.15, 0.2) is 29.4 Å². The summed E-state index contributed by atoms with van der Waals surface area (Å²) in [6.45, 7) is 1.70. The molecule has 4 N–H and O–H groups in total. The van der Waals surface area contributed by atoms with Crippen LogP contribution in [-0.2, 0) is 4.79 Å². The van der Waals surface area contributed by atoms with Gasteiger partial charge in [0.1, 0.15) is 11.2 Å². The average Bonchev–Trinajstić information content (AvgIpc) is 2.37. The van der Waals surface area contributed by atoms with E-state index in [9.17, 15) is 9.18 Å². The van der Waals surface area contributed by atoms with Gasteiger partial charge in [0, 0.05) is 5.56 Å². The molecule has 20 heavy (non-hydrogen) atoms. The van der Waals surface area contributed by atoms with Crippen molar-refractivity contribution in [1.82, 2.24) is 5.32 Å². The van der Waals surface area contributed by atoms with Crippen molar-refractivity contribution in [2.24, 2.45) is 16.3 Å². The largest absolute Gasteiger partial charge is 0.409 e. The lowest BCUT2D eigenvalue weighted by atomic mass is 9.67. The highest BCUT2D eigenvalue weighted by Crippen LogP contribution is 2.41. The zero-order valence-corrected chi connectivity index (χ0v) is 11.3. The molecule has 1 aliphatic carbocycles. The molecule has 0 bridgehead atoms. The molecule has 1 atom stereocenters. The first-order chi connectivity index (χ1) is 9.51. The molecule has 0 saturated heterocycles. The summed E-state index contributed by atoms with van der Waals surface area (Å²) in [6, 6.07) is 5.80. The Morgan fingerprint density at radius 1 is 1.50 bits per heavy atom. The predicted octanol–water partition coefficient (Wildman–Crippen LogP) is 1.92. The molecular weight excluding hydrogens is 261 g/mol. The van der Waals surface area contributed by atoms with Gasteiger partial charge in [-0.05, 0) is 25.8 Å². The molecule has 1 fully saturated rings. The van der Waals surface area contributed by atoms with Crippen LogP contribution in [0, 0.1) is 11.2 Å². The Balaban J connectivity index is 2.14. The molecule has 0 aromatic heterocycles.